The number of aryl methyl sites for hydroxylation is 1. The Morgan fingerprint density at radius 1 is 1.19 bits per heavy atom. The van der Waals surface area contributed by atoms with Gasteiger partial charge in [0.2, 0.25) is 0 Å². The number of hydrogen-bond donors (Lipinski definition) is 1. The summed E-state index contributed by atoms with van der Waals surface area (Å²) in [5.74, 6) is -2.00. The van der Waals surface area contributed by atoms with E-state index in [1.807, 2.05) is 0 Å². The van der Waals surface area contributed by atoms with Crippen molar-refractivity contribution in [2.24, 2.45) is 5.92 Å². The summed E-state index contributed by atoms with van der Waals surface area (Å²) < 4.78 is 32.6. The highest BCUT2D eigenvalue weighted by Gasteiger charge is 2.32. The third-order valence-electron chi connectivity index (χ3n) is 5.93. The van der Waals surface area contributed by atoms with Crippen LogP contribution in [0.1, 0.15) is 63.5 Å². The molecule has 0 bridgehead atoms. The van der Waals surface area contributed by atoms with Crippen molar-refractivity contribution in [3.05, 3.63) is 70.5 Å². The minimum absolute atomic E-state index is 0.0357. The van der Waals surface area contributed by atoms with Crippen LogP contribution >= 0.6 is 0 Å². The Bertz CT molecular complexity index is 858. The zero-order valence-electron chi connectivity index (χ0n) is 18.7. The molecule has 31 heavy (non-hydrogen) atoms. The predicted octanol–water partition coefficient (Wildman–Crippen LogP) is 6.21. The second-order valence-electron chi connectivity index (χ2n) is 8.69. The van der Waals surface area contributed by atoms with Gasteiger partial charge in [-0.1, -0.05) is 36.4 Å². The van der Waals surface area contributed by atoms with E-state index in [4.69, 9.17) is 4.74 Å². The molecule has 1 atom stereocenters. The van der Waals surface area contributed by atoms with Crippen LogP contribution in [0.25, 0.3) is 0 Å². The van der Waals surface area contributed by atoms with Crippen LogP contribution in [0.15, 0.2) is 59.3 Å². The van der Waals surface area contributed by atoms with Gasteiger partial charge >= 0.3 is 0 Å². The molecule has 1 fully saturated rings. The van der Waals surface area contributed by atoms with E-state index in [2.05, 4.69) is 23.5 Å². The summed E-state index contributed by atoms with van der Waals surface area (Å²) in [6, 6.07) is 6.59. The molecule has 0 aromatic heterocycles. The number of dihydropyridines is 1. The number of allylic oxidation sites excluding steroid dienone is 4. The van der Waals surface area contributed by atoms with E-state index in [1.165, 1.54) is 36.1 Å². The van der Waals surface area contributed by atoms with E-state index in [1.54, 1.807) is 26.2 Å². The smallest absolute Gasteiger partial charge is 0.270 e. The lowest BCUT2D eigenvalue weighted by atomic mass is 9.96. The van der Waals surface area contributed by atoms with Crippen molar-refractivity contribution in [2.75, 3.05) is 7.11 Å². The van der Waals surface area contributed by atoms with Crippen molar-refractivity contribution in [1.29, 1.82) is 0 Å². The summed E-state index contributed by atoms with van der Waals surface area (Å²) in [6.07, 6.45) is 12.6. The monoisotopic (exact) mass is 429 g/mol. The number of ketones is 1. The van der Waals surface area contributed by atoms with Crippen LogP contribution < -0.4 is 5.32 Å². The van der Waals surface area contributed by atoms with E-state index in [-0.39, 0.29) is 17.6 Å². The topological polar surface area (TPSA) is 38.3 Å². The highest BCUT2D eigenvalue weighted by molar-refractivity contribution is 5.75. The maximum atomic E-state index is 13.5. The molecule has 3 nitrogen and oxygen atoms in total. The zero-order valence-corrected chi connectivity index (χ0v) is 18.7. The van der Waals surface area contributed by atoms with Gasteiger partial charge in [-0.25, -0.2) is 8.78 Å². The molecular weight excluding hydrogens is 396 g/mol. The highest BCUT2D eigenvalue weighted by atomic mass is 19.3. The fourth-order valence-corrected chi connectivity index (χ4v) is 3.92. The molecule has 0 saturated heterocycles. The van der Waals surface area contributed by atoms with Crippen molar-refractivity contribution in [1.82, 2.24) is 5.32 Å². The van der Waals surface area contributed by atoms with Crippen molar-refractivity contribution < 1.29 is 18.3 Å². The Balaban J connectivity index is 1.72. The van der Waals surface area contributed by atoms with Gasteiger partial charge in [0.05, 0.1) is 0 Å². The van der Waals surface area contributed by atoms with E-state index >= 15 is 0 Å². The van der Waals surface area contributed by atoms with Crippen molar-refractivity contribution in [3.8, 4) is 0 Å². The van der Waals surface area contributed by atoms with Gasteiger partial charge in [-0.15, -0.1) is 0 Å². The normalized spacial score (nSPS) is 19.5. The fraction of sp³-hybridized carbons (Fsp3) is 0.500. The first-order chi connectivity index (χ1) is 14.8. The molecule has 0 radical (unpaired) electrons. The van der Waals surface area contributed by atoms with Gasteiger partial charge in [-0.3, -0.25) is 0 Å². The molecule has 2 aliphatic rings. The van der Waals surface area contributed by atoms with Gasteiger partial charge in [0.25, 0.3) is 5.92 Å². The average molecular weight is 430 g/mol. The first kappa shape index (κ1) is 23.4. The molecular formula is C26H33F2NO2. The first-order valence-electron chi connectivity index (χ1n) is 11.1. The number of halogens is 2. The maximum absolute atomic E-state index is 13.5. The molecule has 3 rings (SSSR count). The number of Topliss-reactive ketones (excluding diaryl/α,β-unsaturated/α-hetero) is 1. The van der Waals surface area contributed by atoms with Gasteiger partial charge in [0.15, 0.2) is 0 Å². The summed E-state index contributed by atoms with van der Waals surface area (Å²) in [4.78, 5) is 11.3. The van der Waals surface area contributed by atoms with Crippen LogP contribution in [-0.2, 0) is 21.9 Å². The Kier molecular flexibility index (Phi) is 7.82. The maximum Gasteiger partial charge on any atom is 0.270 e. The number of carbonyl (C=O) groups is 1. The average Bonchev–Trinajstić information content (AvgIpc) is 3.57. The number of hydrogen-bond acceptors (Lipinski definition) is 3. The van der Waals surface area contributed by atoms with Crippen molar-refractivity contribution >= 4 is 5.78 Å². The number of rotatable bonds is 11. The van der Waals surface area contributed by atoms with E-state index in [0.717, 1.165) is 43.9 Å². The Morgan fingerprint density at radius 3 is 2.48 bits per heavy atom. The molecule has 168 valence electrons. The summed E-state index contributed by atoms with van der Waals surface area (Å²) in [6.45, 7) is 2.54. The van der Waals surface area contributed by atoms with Gasteiger partial charge in [-0.2, -0.15) is 0 Å². The molecule has 1 unspecified atom stereocenters. The fourth-order valence-electron chi connectivity index (χ4n) is 3.92. The molecule has 5 heteroatoms. The minimum atomic E-state index is -2.82. The van der Waals surface area contributed by atoms with Crippen LogP contribution in [0.5, 0.6) is 0 Å². The highest BCUT2D eigenvalue weighted by Crippen LogP contribution is 2.40. The Labute approximate surface area is 184 Å². The number of benzene rings is 1. The molecule has 1 aromatic rings. The number of ether oxygens (including phenoxy) is 1. The lowest BCUT2D eigenvalue weighted by Gasteiger charge is -2.28. The largest absolute Gasteiger partial charge is 0.358 e. The summed E-state index contributed by atoms with van der Waals surface area (Å²) >= 11 is 0. The number of alkyl halides is 2. The van der Waals surface area contributed by atoms with Crippen LogP contribution in [0.2, 0.25) is 0 Å². The lowest BCUT2D eigenvalue weighted by molar-refractivity contribution is -0.117. The second kappa shape index (κ2) is 10.4. The number of carbonyl (C=O) groups excluding carboxylic acids is 1. The number of nitrogens with one attached hydrogen (secondary N) is 1. The van der Waals surface area contributed by atoms with Crippen molar-refractivity contribution in [3.63, 3.8) is 0 Å². The van der Waals surface area contributed by atoms with E-state index in [0.29, 0.717) is 12.3 Å². The number of unbranched alkanes of at least 4 members (excludes halogenated alkanes) is 1. The Morgan fingerprint density at radius 2 is 1.90 bits per heavy atom. The number of methoxy groups -OCH3 is 1. The summed E-state index contributed by atoms with van der Waals surface area (Å²) in [5.41, 5.74) is 4.57. The lowest BCUT2D eigenvalue weighted by Crippen LogP contribution is -2.35. The second-order valence-corrected chi connectivity index (χ2v) is 8.69. The summed E-state index contributed by atoms with van der Waals surface area (Å²) in [5, 5.41) is 3.53. The van der Waals surface area contributed by atoms with Crippen molar-refractivity contribution in [2.45, 2.75) is 70.9 Å². The SMILES string of the molecule is COC1NC(/C(=C/CCCC(C)=O)CCc2ccc(C(C)(F)F)cc2)=CC=C1C1CC1. The van der Waals surface area contributed by atoms with E-state index < -0.39 is 5.92 Å². The minimum Gasteiger partial charge on any atom is -0.358 e. The standard InChI is InChI=1S/C26H33F2NO2/c1-18(30)6-4-5-7-21(11-8-19-9-14-22(15-10-19)26(2,27)28)24-17-16-23(20-12-13-20)25(29-24)31-3/h7,9-10,14-17,20,25,29H,4-6,8,11-13H2,1-3H3/b21-7+. The molecule has 1 N–H and O–H groups in total. The van der Waals surface area contributed by atoms with Gasteiger partial charge in [-0.05, 0) is 74.2 Å². The van der Waals surface area contributed by atoms with Gasteiger partial charge < -0.3 is 14.8 Å². The molecule has 1 saturated carbocycles. The first-order valence-corrected chi connectivity index (χ1v) is 11.1. The summed E-state index contributed by atoms with van der Waals surface area (Å²) in [7, 11) is 1.72. The van der Waals surface area contributed by atoms with Crippen LogP contribution in [0.3, 0.4) is 0 Å². The van der Waals surface area contributed by atoms with Crippen LogP contribution in [-0.4, -0.2) is 19.1 Å². The van der Waals surface area contributed by atoms with Crippen LogP contribution in [0.4, 0.5) is 8.78 Å². The van der Waals surface area contributed by atoms with Crippen LogP contribution in [0, 0.1) is 5.92 Å². The molecule has 1 heterocycles. The van der Waals surface area contributed by atoms with Gasteiger partial charge in [0.1, 0.15) is 12.0 Å². The quantitative estimate of drug-likeness (QED) is 0.425. The molecule has 1 aliphatic carbocycles. The predicted molar refractivity (Wildman–Crippen MR) is 120 cm³/mol. The molecule has 1 aliphatic heterocycles. The van der Waals surface area contributed by atoms with Gasteiger partial charge in [0, 0.05) is 31.7 Å². The molecule has 0 amide bonds. The molecule has 1 aromatic carbocycles. The zero-order chi connectivity index (χ0) is 22.4. The third-order valence-corrected chi connectivity index (χ3v) is 5.93. The molecule has 0 spiro atoms. The van der Waals surface area contributed by atoms with E-state index in [9.17, 15) is 13.6 Å². The third kappa shape index (κ3) is 6.86. The Hall–Kier alpha value is -2.27.